The summed E-state index contributed by atoms with van der Waals surface area (Å²) in [5.41, 5.74) is 2.27. The largest absolute Gasteiger partial charge is 0.417 e. The smallest absolute Gasteiger partial charge is 0.408 e. The summed E-state index contributed by atoms with van der Waals surface area (Å²) in [6.45, 7) is 1.04. The van der Waals surface area contributed by atoms with Crippen LogP contribution in [0.25, 0.3) is 11.1 Å². The first-order chi connectivity index (χ1) is 7.69. The number of oxazole rings is 1. The van der Waals surface area contributed by atoms with Gasteiger partial charge in [0, 0.05) is 6.54 Å². The molecule has 2 rings (SSSR count). The Bertz CT molecular complexity index is 591. The van der Waals surface area contributed by atoms with E-state index in [-0.39, 0.29) is 0 Å². The van der Waals surface area contributed by atoms with Crippen molar-refractivity contribution in [1.29, 1.82) is 5.26 Å². The van der Waals surface area contributed by atoms with Crippen molar-refractivity contribution in [3.05, 3.63) is 34.3 Å². The number of rotatable bonds is 3. The van der Waals surface area contributed by atoms with Gasteiger partial charge in [-0.05, 0) is 24.7 Å². The Labute approximate surface area is 91.9 Å². The molecule has 0 radical (unpaired) electrons. The van der Waals surface area contributed by atoms with Gasteiger partial charge in [-0.15, -0.1) is 0 Å². The molecule has 1 N–H and O–H groups in total. The molecule has 0 aliphatic rings. The van der Waals surface area contributed by atoms with Crippen LogP contribution >= 0.6 is 0 Å². The highest BCUT2D eigenvalue weighted by atomic mass is 16.4. The lowest BCUT2D eigenvalue weighted by molar-refractivity contribution is 0.367. The maximum absolute atomic E-state index is 10.9. The number of nitrogens with one attached hydrogen (secondary N) is 1. The topological polar surface area (TPSA) is 73.0 Å². The molecule has 0 amide bonds. The first-order valence-corrected chi connectivity index (χ1v) is 4.86. The summed E-state index contributed by atoms with van der Waals surface area (Å²) in [7, 11) is 1.87. The van der Waals surface area contributed by atoms with Crippen LogP contribution in [0.1, 0.15) is 5.56 Å². The molecule has 0 spiro atoms. The molecule has 1 heterocycles. The zero-order chi connectivity index (χ0) is 11.5. The zero-order valence-electron chi connectivity index (χ0n) is 8.86. The number of fused-ring (bicyclic) bond motifs is 1. The van der Waals surface area contributed by atoms with Crippen molar-refractivity contribution < 1.29 is 4.42 Å². The van der Waals surface area contributed by atoms with Gasteiger partial charge < -0.3 is 4.42 Å². The second-order valence-electron chi connectivity index (χ2n) is 3.68. The van der Waals surface area contributed by atoms with E-state index in [1.807, 2.05) is 24.1 Å². The van der Waals surface area contributed by atoms with E-state index in [9.17, 15) is 4.79 Å². The highest BCUT2D eigenvalue weighted by Gasteiger charge is 2.04. The van der Waals surface area contributed by atoms with Crippen LogP contribution in [0.2, 0.25) is 0 Å². The Morgan fingerprint density at radius 1 is 1.56 bits per heavy atom. The highest BCUT2D eigenvalue weighted by molar-refractivity contribution is 5.72. The van der Waals surface area contributed by atoms with Crippen LogP contribution in [0.4, 0.5) is 0 Å². The number of aromatic nitrogens is 1. The molecule has 0 fully saturated rings. The molecule has 0 aliphatic heterocycles. The minimum absolute atomic E-state index is 0.375. The molecule has 5 heteroatoms. The summed E-state index contributed by atoms with van der Waals surface area (Å²) in [6, 6.07) is 7.57. The van der Waals surface area contributed by atoms with Gasteiger partial charge in [0.05, 0.1) is 18.1 Å². The maximum Gasteiger partial charge on any atom is 0.417 e. The molecule has 0 saturated carbocycles. The fraction of sp³-hybridized carbons (Fsp3) is 0.273. The lowest BCUT2D eigenvalue weighted by atomic mass is 10.2. The molecule has 1 aromatic carbocycles. The van der Waals surface area contributed by atoms with Crippen LogP contribution in [0, 0.1) is 11.3 Å². The van der Waals surface area contributed by atoms with E-state index >= 15 is 0 Å². The summed E-state index contributed by atoms with van der Waals surface area (Å²) in [4.78, 5) is 15.4. The van der Waals surface area contributed by atoms with Gasteiger partial charge in [0.15, 0.2) is 5.58 Å². The second-order valence-corrected chi connectivity index (χ2v) is 3.68. The Balaban J connectivity index is 2.26. The Morgan fingerprint density at radius 3 is 3.12 bits per heavy atom. The summed E-state index contributed by atoms with van der Waals surface area (Å²) >= 11 is 0. The van der Waals surface area contributed by atoms with Gasteiger partial charge in [-0.2, -0.15) is 5.26 Å². The van der Waals surface area contributed by atoms with Gasteiger partial charge >= 0.3 is 5.76 Å². The first-order valence-electron chi connectivity index (χ1n) is 4.86. The lowest BCUT2D eigenvalue weighted by Gasteiger charge is -2.11. The van der Waals surface area contributed by atoms with E-state index in [1.54, 1.807) is 6.07 Å². The minimum atomic E-state index is -0.447. The second kappa shape index (κ2) is 4.21. The molecule has 0 atom stereocenters. The van der Waals surface area contributed by atoms with Crippen LogP contribution in [-0.2, 0) is 6.54 Å². The summed E-state index contributed by atoms with van der Waals surface area (Å²) in [5, 5.41) is 8.54. The molecule has 1 aromatic heterocycles. The van der Waals surface area contributed by atoms with Crippen LogP contribution in [0.3, 0.4) is 0 Å². The van der Waals surface area contributed by atoms with Crippen LogP contribution in [0.5, 0.6) is 0 Å². The number of H-pyrrole nitrogens is 1. The van der Waals surface area contributed by atoms with Gasteiger partial charge in [-0.1, -0.05) is 6.07 Å². The Kier molecular flexibility index (Phi) is 2.75. The minimum Gasteiger partial charge on any atom is -0.408 e. The van der Waals surface area contributed by atoms with Crippen molar-refractivity contribution in [3.63, 3.8) is 0 Å². The quantitative estimate of drug-likeness (QED) is 0.780. The van der Waals surface area contributed by atoms with Crippen LogP contribution in [0.15, 0.2) is 27.4 Å². The van der Waals surface area contributed by atoms with E-state index in [0.717, 1.165) is 5.56 Å². The average molecular weight is 217 g/mol. The van der Waals surface area contributed by atoms with Gasteiger partial charge in [-0.3, -0.25) is 9.88 Å². The SMILES string of the molecule is CN(CC#N)Cc1ccc2oc(=O)[nH]c2c1. The number of nitriles is 1. The molecule has 5 nitrogen and oxygen atoms in total. The van der Waals surface area contributed by atoms with Crippen molar-refractivity contribution in [3.8, 4) is 6.07 Å². The van der Waals surface area contributed by atoms with Gasteiger partial charge in [0.25, 0.3) is 0 Å². The molecule has 0 bridgehead atoms. The average Bonchev–Trinajstić information content (AvgIpc) is 2.57. The molecular formula is C11H11N3O2. The van der Waals surface area contributed by atoms with Gasteiger partial charge in [-0.25, -0.2) is 4.79 Å². The molecule has 0 aliphatic carbocycles. The fourth-order valence-electron chi connectivity index (χ4n) is 1.59. The number of benzene rings is 1. The van der Waals surface area contributed by atoms with Crippen molar-refractivity contribution >= 4 is 11.1 Å². The molecule has 0 unspecified atom stereocenters. The molecule has 2 aromatic rings. The van der Waals surface area contributed by atoms with E-state index in [4.69, 9.17) is 9.68 Å². The van der Waals surface area contributed by atoms with Crippen molar-refractivity contribution in [2.75, 3.05) is 13.6 Å². The third-order valence-corrected chi connectivity index (χ3v) is 2.28. The van der Waals surface area contributed by atoms with E-state index in [0.29, 0.717) is 24.2 Å². The van der Waals surface area contributed by atoms with Crippen molar-refractivity contribution in [2.24, 2.45) is 0 Å². The Morgan fingerprint density at radius 2 is 2.38 bits per heavy atom. The number of nitrogens with zero attached hydrogens (tertiary/aromatic N) is 2. The summed E-state index contributed by atoms with van der Waals surface area (Å²) in [6.07, 6.45) is 0. The van der Waals surface area contributed by atoms with E-state index < -0.39 is 5.76 Å². The number of hydrogen-bond donors (Lipinski definition) is 1. The van der Waals surface area contributed by atoms with Crippen molar-refractivity contribution in [1.82, 2.24) is 9.88 Å². The molecule has 0 saturated heterocycles. The predicted molar refractivity (Wildman–Crippen MR) is 58.8 cm³/mol. The third-order valence-electron chi connectivity index (χ3n) is 2.28. The maximum atomic E-state index is 10.9. The number of aromatic amines is 1. The summed E-state index contributed by atoms with van der Waals surface area (Å²) in [5.74, 6) is -0.447. The fourth-order valence-corrected chi connectivity index (χ4v) is 1.59. The van der Waals surface area contributed by atoms with Crippen molar-refractivity contribution in [2.45, 2.75) is 6.54 Å². The Hall–Kier alpha value is -2.06. The van der Waals surface area contributed by atoms with Gasteiger partial charge in [0.1, 0.15) is 0 Å². The molecular weight excluding hydrogens is 206 g/mol. The van der Waals surface area contributed by atoms with Crippen LogP contribution in [-0.4, -0.2) is 23.5 Å². The van der Waals surface area contributed by atoms with Gasteiger partial charge in [0.2, 0.25) is 0 Å². The number of hydrogen-bond acceptors (Lipinski definition) is 4. The standard InChI is InChI=1S/C11H11N3O2/c1-14(5-4-12)7-8-2-3-10-9(6-8)13-11(15)16-10/h2-3,6H,5,7H2,1H3,(H,13,15). The monoisotopic (exact) mass is 217 g/mol. The zero-order valence-corrected chi connectivity index (χ0v) is 8.86. The first kappa shape index (κ1) is 10.5. The van der Waals surface area contributed by atoms with E-state index in [2.05, 4.69) is 11.1 Å². The molecule has 82 valence electrons. The highest BCUT2D eigenvalue weighted by Crippen LogP contribution is 2.13. The van der Waals surface area contributed by atoms with E-state index in [1.165, 1.54) is 0 Å². The summed E-state index contributed by atoms with van der Waals surface area (Å²) < 4.78 is 4.90. The normalized spacial score (nSPS) is 10.8. The van der Waals surface area contributed by atoms with Crippen LogP contribution < -0.4 is 5.76 Å². The molecule has 16 heavy (non-hydrogen) atoms. The predicted octanol–water partition coefficient (Wildman–Crippen LogP) is 1.08. The lowest BCUT2D eigenvalue weighted by Crippen LogP contribution is -2.17. The third kappa shape index (κ3) is 2.12.